The fraction of sp³-hybridized carbons (Fsp3) is 0.286. The van der Waals surface area contributed by atoms with Crippen LogP contribution in [0.1, 0.15) is 37.5 Å². The lowest BCUT2D eigenvalue weighted by Gasteiger charge is -2.20. The molecule has 0 aromatic heterocycles. The zero-order valence-electron chi connectivity index (χ0n) is 13.4. The fourth-order valence-corrected chi connectivity index (χ4v) is 1.63. The molecule has 0 saturated carbocycles. The van der Waals surface area contributed by atoms with Gasteiger partial charge in [-0.25, -0.2) is 0 Å². The Labute approximate surface area is 134 Å². The van der Waals surface area contributed by atoms with Gasteiger partial charge in [-0.2, -0.15) is 10.2 Å². The molecule has 0 saturated heterocycles. The number of guanidine groups is 2. The molecule has 0 unspecified atom stereocenters. The number of phenolic OH excluding ortho intramolecular Hbond substituents is 1. The van der Waals surface area contributed by atoms with Gasteiger partial charge in [0.05, 0.1) is 12.4 Å². The lowest BCUT2D eigenvalue weighted by Crippen LogP contribution is -2.21. The Morgan fingerprint density at radius 3 is 1.61 bits per heavy atom. The Hall–Kier alpha value is -3.10. The van der Waals surface area contributed by atoms with E-state index >= 15 is 0 Å². The number of aromatic hydroxyl groups is 1. The number of benzene rings is 1. The van der Waals surface area contributed by atoms with Gasteiger partial charge >= 0.3 is 0 Å². The molecule has 0 aliphatic carbocycles. The van der Waals surface area contributed by atoms with Crippen molar-refractivity contribution in [3.63, 3.8) is 0 Å². The average Bonchev–Trinajstić information content (AvgIpc) is 2.40. The molecule has 9 N–H and O–H groups in total. The largest absolute Gasteiger partial charge is 0.507 e. The molecule has 0 heterocycles. The highest BCUT2D eigenvalue weighted by molar-refractivity contribution is 5.93. The smallest absolute Gasteiger partial charge is 0.211 e. The highest BCUT2D eigenvalue weighted by Gasteiger charge is 2.17. The van der Waals surface area contributed by atoms with Crippen LogP contribution in [0.15, 0.2) is 32.5 Å². The van der Waals surface area contributed by atoms with Crippen LogP contribution < -0.4 is 22.9 Å². The Kier molecular flexibility index (Phi) is 5.66. The van der Waals surface area contributed by atoms with Gasteiger partial charge in [-0.1, -0.05) is 20.8 Å². The predicted molar refractivity (Wildman–Crippen MR) is 93.6 cm³/mol. The number of hydrogen-bond acceptors (Lipinski definition) is 5. The first-order valence-electron chi connectivity index (χ1n) is 6.72. The molecule has 23 heavy (non-hydrogen) atoms. The molecule has 9 nitrogen and oxygen atoms in total. The lowest BCUT2D eigenvalue weighted by atomic mass is 9.85. The van der Waals surface area contributed by atoms with E-state index in [0.717, 1.165) is 5.56 Å². The van der Waals surface area contributed by atoms with Crippen molar-refractivity contribution in [2.75, 3.05) is 0 Å². The SMILES string of the molecule is CC(C)(C)c1cc(C=NN=C(N)N)c(O)c(C=NN=C(N)N)c1. The van der Waals surface area contributed by atoms with Crippen LogP contribution >= 0.6 is 0 Å². The van der Waals surface area contributed by atoms with Crippen molar-refractivity contribution in [3.8, 4) is 5.75 Å². The van der Waals surface area contributed by atoms with E-state index in [2.05, 4.69) is 20.4 Å². The molecule has 0 atom stereocenters. The van der Waals surface area contributed by atoms with Crippen LogP contribution in [0.5, 0.6) is 5.75 Å². The number of nitrogens with two attached hydrogens (primary N) is 4. The Morgan fingerprint density at radius 1 is 0.913 bits per heavy atom. The van der Waals surface area contributed by atoms with Gasteiger partial charge in [0, 0.05) is 11.1 Å². The third kappa shape index (κ3) is 5.65. The molecule has 1 aromatic carbocycles. The summed E-state index contributed by atoms with van der Waals surface area (Å²) < 4.78 is 0. The van der Waals surface area contributed by atoms with Crippen LogP contribution in [0.4, 0.5) is 0 Å². The summed E-state index contributed by atoms with van der Waals surface area (Å²) in [4.78, 5) is 0. The fourth-order valence-electron chi connectivity index (χ4n) is 1.63. The van der Waals surface area contributed by atoms with Gasteiger partial charge in [0.15, 0.2) is 0 Å². The normalized spacial score (nSPS) is 11.8. The summed E-state index contributed by atoms with van der Waals surface area (Å²) in [6, 6.07) is 3.58. The minimum Gasteiger partial charge on any atom is -0.507 e. The van der Waals surface area contributed by atoms with E-state index in [4.69, 9.17) is 22.9 Å². The van der Waals surface area contributed by atoms with Crippen LogP contribution in [-0.4, -0.2) is 29.5 Å². The summed E-state index contributed by atoms with van der Waals surface area (Å²) in [5.41, 5.74) is 22.5. The molecule has 1 rings (SSSR count). The molecule has 1 aromatic rings. The summed E-state index contributed by atoms with van der Waals surface area (Å²) in [6.07, 6.45) is 2.70. The average molecular weight is 318 g/mol. The van der Waals surface area contributed by atoms with Crippen LogP contribution in [0.3, 0.4) is 0 Å². The first-order chi connectivity index (χ1) is 10.6. The lowest BCUT2D eigenvalue weighted by molar-refractivity contribution is 0.472. The standard InChI is InChI=1S/C14H22N8O/c1-14(2,3)10-4-8(6-19-21-12(15)16)11(23)9(5-10)7-20-22-13(17)18/h4-7,23H,1-3H3,(H4,15,16,21)(H4,17,18,22). The Bertz CT molecular complexity index is 626. The summed E-state index contributed by atoms with van der Waals surface area (Å²) >= 11 is 0. The van der Waals surface area contributed by atoms with Crippen molar-refractivity contribution in [2.24, 2.45) is 43.3 Å². The predicted octanol–water partition coefficient (Wildman–Crippen LogP) is -0.0957. The molecule has 0 spiro atoms. The van der Waals surface area contributed by atoms with Gasteiger partial charge < -0.3 is 28.0 Å². The molecule has 0 radical (unpaired) electrons. The van der Waals surface area contributed by atoms with Crippen LogP contribution in [-0.2, 0) is 5.41 Å². The minimum atomic E-state index is -0.178. The second-order valence-electron chi connectivity index (χ2n) is 5.79. The van der Waals surface area contributed by atoms with Crippen LogP contribution in [0, 0.1) is 0 Å². The number of rotatable bonds is 4. The molecule has 9 heteroatoms. The first-order valence-corrected chi connectivity index (χ1v) is 6.72. The van der Waals surface area contributed by atoms with Crippen molar-refractivity contribution in [1.82, 2.24) is 0 Å². The van der Waals surface area contributed by atoms with Crippen molar-refractivity contribution >= 4 is 24.3 Å². The van der Waals surface area contributed by atoms with Gasteiger partial charge in [0.2, 0.25) is 11.9 Å². The maximum Gasteiger partial charge on any atom is 0.211 e. The molecular weight excluding hydrogens is 296 g/mol. The van der Waals surface area contributed by atoms with E-state index in [1.807, 2.05) is 20.8 Å². The van der Waals surface area contributed by atoms with Crippen molar-refractivity contribution in [2.45, 2.75) is 26.2 Å². The van der Waals surface area contributed by atoms with E-state index in [0.29, 0.717) is 11.1 Å². The molecule has 0 aliphatic heterocycles. The second kappa shape index (κ2) is 7.25. The van der Waals surface area contributed by atoms with E-state index in [9.17, 15) is 5.11 Å². The number of hydrogen-bond donors (Lipinski definition) is 5. The maximum atomic E-state index is 10.3. The molecular formula is C14H22N8O. The monoisotopic (exact) mass is 318 g/mol. The van der Waals surface area contributed by atoms with Crippen LogP contribution in [0.2, 0.25) is 0 Å². The molecule has 0 bridgehead atoms. The van der Waals surface area contributed by atoms with E-state index < -0.39 is 0 Å². The highest BCUT2D eigenvalue weighted by atomic mass is 16.3. The van der Waals surface area contributed by atoms with Crippen molar-refractivity contribution in [3.05, 3.63) is 28.8 Å². The van der Waals surface area contributed by atoms with Crippen LogP contribution in [0.25, 0.3) is 0 Å². The van der Waals surface area contributed by atoms with Crippen molar-refractivity contribution < 1.29 is 5.11 Å². The van der Waals surface area contributed by atoms with Gasteiger partial charge in [0.25, 0.3) is 0 Å². The van der Waals surface area contributed by atoms with Crippen molar-refractivity contribution in [1.29, 1.82) is 0 Å². The van der Waals surface area contributed by atoms with E-state index in [1.54, 1.807) is 12.1 Å². The number of phenols is 1. The first kappa shape index (κ1) is 18.0. The quantitative estimate of drug-likeness (QED) is 0.295. The van der Waals surface area contributed by atoms with E-state index in [-0.39, 0.29) is 23.1 Å². The molecule has 124 valence electrons. The highest BCUT2D eigenvalue weighted by Crippen LogP contribution is 2.29. The molecule has 0 fully saturated rings. The topological polar surface area (TPSA) is 174 Å². The molecule has 0 aliphatic rings. The summed E-state index contributed by atoms with van der Waals surface area (Å²) in [5.74, 6) is -0.397. The zero-order chi connectivity index (χ0) is 17.6. The second-order valence-corrected chi connectivity index (χ2v) is 5.79. The van der Waals surface area contributed by atoms with Gasteiger partial charge in [0.1, 0.15) is 5.75 Å². The Balaban J connectivity index is 3.39. The van der Waals surface area contributed by atoms with E-state index in [1.165, 1.54) is 12.4 Å². The van der Waals surface area contributed by atoms with Gasteiger partial charge in [-0.3, -0.25) is 0 Å². The minimum absolute atomic E-state index is 0.0397. The third-order valence-corrected chi connectivity index (χ3v) is 2.77. The van der Waals surface area contributed by atoms with Gasteiger partial charge in [-0.15, -0.1) is 10.2 Å². The third-order valence-electron chi connectivity index (χ3n) is 2.77. The maximum absolute atomic E-state index is 10.3. The zero-order valence-corrected chi connectivity index (χ0v) is 13.4. The summed E-state index contributed by atoms with van der Waals surface area (Å²) in [7, 11) is 0. The van der Waals surface area contributed by atoms with Gasteiger partial charge in [-0.05, 0) is 23.1 Å². The number of nitrogens with zero attached hydrogens (tertiary/aromatic N) is 4. The summed E-state index contributed by atoms with van der Waals surface area (Å²) in [6.45, 7) is 6.10. The molecule has 0 amide bonds. The Morgan fingerprint density at radius 2 is 1.30 bits per heavy atom. The summed E-state index contributed by atoms with van der Waals surface area (Å²) in [5, 5.41) is 24.8.